The number of fused-ring (bicyclic) bond motifs is 7. The standard InChI is InChI=1S/C39H60N2O3.C3H6/c1-35(2)29(27-9-11-28(12-10-27)34(43)44)15-18-36(3)32(35)16-19-38(5)33(36)14-13-30-31-8-6-17-39(31,21-20-37(30,38)4)26-41-23-7-22-40-24-25-42;1-3-2/h9-12,15,30-33,40-42H,6-8,13-14,16-26H2,1-5H3,(H,43,44);3H,1H2,2H3/t30?,31?,32?,33?,36?,37-,38?,39?;/m1./s1. The lowest BCUT2D eigenvalue weighted by molar-refractivity contribution is -0.222. The topological polar surface area (TPSA) is 81.6 Å². The van der Waals surface area contributed by atoms with Gasteiger partial charge in [0.1, 0.15) is 0 Å². The molecule has 0 aliphatic heterocycles. The Morgan fingerprint density at radius 1 is 0.872 bits per heavy atom. The zero-order valence-electron chi connectivity index (χ0n) is 30.6. The van der Waals surface area contributed by atoms with Crippen molar-refractivity contribution in [1.82, 2.24) is 10.6 Å². The van der Waals surface area contributed by atoms with E-state index in [2.05, 4.69) is 57.9 Å². The monoisotopic (exact) mass is 647 g/mol. The third-order valence-corrected chi connectivity index (χ3v) is 15.0. The smallest absolute Gasteiger partial charge is 0.335 e. The SMILES string of the molecule is C=CC.CC1(C)C(c2ccc(C(=O)O)cc2)=CCC2(C)C1CCC1(C)C2CCC2C3CCCC3(CNCCCNCCO)CC[C@]21C. The Morgan fingerprint density at radius 3 is 2.26 bits per heavy atom. The number of rotatable bonds is 10. The first-order valence-corrected chi connectivity index (χ1v) is 19.0. The molecule has 0 saturated heterocycles. The summed E-state index contributed by atoms with van der Waals surface area (Å²) in [4.78, 5) is 11.5. The number of aromatic carboxylic acids is 1. The van der Waals surface area contributed by atoms with Gasteiger partial charge in [0.2, 0.25) is 0 Å². The van der Waals surface area contributed by atoms with E-state index in [0.717, 1.165) is 43.7 Å². The van der Waals surface area contributed by atoms with Crippen molar-refractivity contribution < 1.29 is 15.0 Å². The molecule has 0 aromatic heterocycles. The van der Waals surface area contributed by atoms with E-state index in [0.29, 0.717) is 39.7 Å². The van der Waals surface area contributed by atoms with Crippen LogP contribution in [0.15, 0.2) is 43.0 Å². The van der Waals surface area contributed by atoms with Crippen LogP contribution in [-0.4, -0.2) is 49.0 Å². The van der Waals surface area contributed by atoms with Gasteiger partial charge in [0, 0.05) is 13.1 Å². The number of aliphatic hydroxyl groups excluding tert-OH is 1. The molecule has 5 aliphatic carbocycles. The molecule has 6 rings (SSSR count). The highest BCUT2D eigenvalue weighted by molar-refractivity contribution is 5.88. The van der Waals surface area contributed by atoms with Gasteiger partial charge in [-0.1, -0.05) is 65.3 Å². The highest BCUT2D eigenvalue weighted by atomic mass is 16.4. The van der Waals surface area contributed by atoms with Crippen LogP contribution in [0.5, 0.6) is 0 Å². The second kappa shape index (κ2) is 14.1. The van der Waals surface area contributed by atoms with Crippen LogP contribution in [0, 0.1) is 50.7 Å². The Hall–Kier alpha value is -1.95. The quantitative estimate of drug-likeness (QED) is 0.151. The van der Waals surface area contributed by atoms with Crippen LogP contribution in [0.2, 0.25) is 0 Å². The zero-order chi connectivity index (χ0) is 34.1. The molecule has 4 saturated carbocycles. The summed E-state index contributed by atoms with van der Waals surface area (Å²) < 4.78 is 0. The molecule has 262 valence electrons. The van der Waals surface area contributed by atoms with Crippen molar-refractivity contribution in [1.29, 1.82) is 0 Å². The van der Waals surface area contributed by atoms with Crippen LogP contribution in [0.25, 0.3) is 5.57 Å². The molecule has 0 spiro atoms. The summed E-state index contributed by atoms with van der Waals surface area (Å²) >= 11 is 0. The van der Waals surface area contributed by atoms with Gasteiger partial charge in [0.05, 0.1) is 12.2 Å². The van der Waals surface area contributed by atoms with Gasteiger partial charge >= 0.3 is 5.97 Å². The molecular weight excluding hydrogens is 580 g/mol. The number of carboxylic acids is 1. The van der Waals surface area contributed by atoms with Gasteiger partial charge in [0.15, 0.2) is 0 Å². The number of aliphatic hydroxyl groups is 1. The number of nitrogens with one attached hydrogen (secondary N) is 2. The first-order valence-electron chi connectivity index (χ1n) is 19.0. The highest BCUT2D eigenvalue weighted by Gasteiger charge is 2.69. The molecule has 0 bridgehead atoms. The fourth-order valence-corrected chi connectivity index (χ4v) is 12.8. The van der Waals surface area contributed by atoms with Crippen LogP contribution in [0.3, 0.4) is 0 Å². The molecule has 8 atom stereocenters. The molecule has 5 nitrogen and oxygen atoms in total. The second-order valence-electron chi connectivity index (χ2n) is 17.4. The number of hydrogen-bond acceptors (Lipinski definition) is 4. The fourth-order valence-electron chi connectivity index (χ4n) is 12.8. The van der Waals surface area contributed by atoms with Crippen LogP contribution >= 0.6 is 0 Å². The zero-order valence-corrected chi connectivity index (χ0v) is 30.6. The number of carboxylic acid groups (broad SMARTS) is 1. The summed E-state index contributed by atoms with van der Waals surface area (Å²) in [6, 6.07) is 7.64. The third-order valence-electron chi connectivity index (χ3n) is 15.0. The molecule has 0 amide bonds. The average molecular weight is 647 g/mol. The largest absolute Gasteiger partial charge is 0.478 e. The molecule has 1 aromatic rings. The fraction of sp³-hybridized carbons (Fsp3) is 0.738. The predicted octanol–water partition coefficient (Wildman–Crippen LogP) is 8.99. The van der Waals surface area contributed by atoms with E-state index in [-0.39, 0.29) is 12.0 Å². The van der Waals surface area contributed by atoms with Crippen molar-refractivity contribution in [2.45, 2.75) is 112 Å². The molecule has 0 radical (unpaired) electrons. The van der Waals surface area contributed by atoms with Crippen molar-refractivity contribution in [3.63, 3.8) is 0 Å². The van der Waals surface area contributed by atoms with Crippen molar-refractivity contribution in [2.75, 3.05) is 32.8 Å². The minimum Gasteiger partial charge on any atom is -0.478 e. The Kier molecular flexibility index (Phi) is 10.9. The Morgan fingerprint density at radius 2 is 1.57 bits per heavy atom. The summed E-state index contributed by atoms with van der Waals surface area (Å²) in [5.41, 5.74) is 4.63. The number of benzene rings is 1. The van der Waals surface area contributed by atoms with Crippen molar-refractivity contribution in [2.24, 2.45) is 50.7 Å². The minimum atomic E-state index is -0.853. The lowest BCUT2D eigenvalue weighted by Crippen LogP contribution is -2.65. The maximum atomic E-state index is 11.5. The van der Waals surface area contributed by atoms with E-state index in [9.17, 15) is 9.90 Å². The molecule has 7 unspecified atom stereocenters. The van der Waals surface area contributed by atoms with Crippen LogP contribution in [0.1, 0.15) is 128 Å². The van der Waals surface area contributed by atoms with Gasteiger partial charge in [-0.15, -0.1) is 6.58 Å². The van der Waals surface area contributed by atoms with Gasteiger partial charge in [-0.05, 0) is 158 Å². The summed E-state index contributed by atoms with van der Waals surface area (Å²) in [6.07, 6.45) is 19.0. The lowest BCUT2D eigenvalue weighted by Gasteiger charge is -2.72. The Bertz CT molecular complexity index is 1290. The van der Waals surface area contributed by atoms with E-state index in [4.69, 9.17) is 5.11 Å². The summed E-state index contributed by atoms with van der Waals surface area (Å²) in [5, 5.41) is 25.7. The van der Waals surface area contributed by atoms with Crippen LogP contribution < -0.4 is 10.6 Å². The molecule has 47 heavy (non-hydrogen) atoms. The Labute approximate surface area is 286 Å². The molecule has 1 aromatic carbocycles. The number of hydrogen-bond donors (Lipinski definition) is 4. The first-order chi connectivity index (χ1) is 22.3. The summed E-state index contributed by atoms with van der Waals surface area (Å²) in [7, 11) is 0. The van der Waals surface area contributed by atoms with E-state index < -0.39 is 5.97 Å². The average Bonchev–Trinajstić information content (AvgIpc) is 3.45. The van der Waals surface area contributed by atoms with E-state index >= 15 is 0 Å². The highest BCUT2D eigenvalue weighted by Crippen LogP contribution is 2.77. The van der Waals surface area contributed by atoms with E-state index in [1.807, 2.05) is 19.1 Å². The van der Waals surface area contributed by atoms with Crippen molar-refractivity contribution in [3.05, 3.63) is 54.1 Å². The van der Waals surface area contributed by atoms with Crippen molar-refractivity contribution in [3.8, 4) is 0 Å². The van der Waals surface area contributed by atoms with Crippen LogP contribution in [0.4, 0.5) is 0 Å². The molecule has 5 heteroatoms. The van der Waals surface area contributed by atoms with Gasteiger partial charge in [-0.25, -0.2) is 4.79 Å². The van der Waals surface area contributed by atoms with E-state index in [1.165, 1.54) is 75.5 Å². The molecule has 4 N–H and O–H groups in total. The molecule has 4 fully saturated rings. The van der Waals surface area contributed by atoms with Gasteiger partial charge < -0.3 is 20.8 Å². The second-order valence-corrected chi connectivity index (χ2v) is 17.4. The van der Waals surface area contributed by atoms with Gasteiger partial charge in [-0.2, -0.15) is 0 Å². The van der Waals surface area contributed by atoms with Crippen molar-refractivity contribution >= 4 is 11.5 Å². The number of allylic oxidation sites excluding steroid dienone is 3. The molecular formula is C42H66N2O3. The maximum absolute atomic E-state index is 11.5. The minimum absolute atomic E-state index is 0.0588. The first kappa shape index (κ1) is 36.3. The van der Waals surface area contributed by atoms with Crippen LogP contribution in [-0.2, 0) is 0 Å². The molecule has 5 aliphatic rings. The van der Waals surface area contributed by atoms with E-state index in [1.54, 1.807) is 18.2 Å². The molecule has 0 heterocycles. The third kappa shape index (κ3) is 6.20. The van der Waals surface area contributed by atoms with Gasteiger partial charge in [0.25, 0.3) is 0 Å². The lowest BCUT2D eigenvalue weighted by atomic mass is 9.32. The normalized spacial score (nSPS) is 38.4. The van der Waals surface area contributed by atoms with Gasteiger partial charge in [-0.3, -0.25) is 0 Å². The Balaban J connectivity index is 0.00000139. The number of carbonyl (C=O) groups is 1. The maximum Gasteiger partial charge on any atom is 0.335 e. The summed E-state index contributed by atoms with van der Waals surface area (Å²) in [5.74, 6) is 2.25. The summed E-state index contributed by atoms with van der Waals surface area (Å²) in [6.45, 7) is 22.5. The predicted molar refractivity (Wildman–Crippen MR) is 195 cm³/mol.